The molecule has 0 aromatic carbocycles. The monoisotopic (exact) mass is 265 g/mol. The third-order valence-electron chi connectivity index (χ3n) is 3.99. The number of aromatic nitrogens is 2. The molecule has 1 fully saturated rings. The van der Waals surface area contributed by atoms with E-state index < -0.39 is 0 Å². The second-order valence-corrected chi connectivity index (χ2v) is 5.57. The average molecular weight is 265 g/mol. The predicted molar refractivity (Wildman–Crippen MR) is 77.2 cm³/mol. The number of aryl methyl sites for hydroxylation is 2. The Morgan fingerprint density at radius 2 is 2.05 bits per heavy atom. The van der Waals surface area contributed by atoms with Gasteiger partial charge in [-0.05, 0) is 39.7 Å². The number of aromatic amines is 1. The SMILES string of the molecule is Cc1n[nH]c(C)c1CNCCCOC1CCCCC1. The highest BCUT2D eigenvalue weighted by molar-refractivity contribution is 5.22. The Hall–Kier alpha value is -0.870. The lowest BCUT2D eigenvalue weighted by Gasteiger charge is -2.21. The average Bonchev–Trinajstić information content (AvgIpc) is 2.75. The lowest BCUT2D eigenvalue weighted by molar-refractivity contribution is 0.0273. The summed E-state index contributed by atoms with van der Waals surface area (Å²) in [6, 6.07) is 0. The molecule has 1 saturated carbocycles. The van der Waals surface area contributed by atoms with E-state index in [1.165, 1.54) is 43.4 Å². The number of nitrogens with zero attached hydrogens (tertiary/aromatic N) is 1. The molecule has 1 heterocycles. The van der Waals surface area contributed by atoms with Crippen molar-refractivity contribution < 1.29 is 4.74 Å². The fourth-order valence-corrected chi connectivity index (χ4v) is 2.73. The number of hydrogen-bond donors (Lipinski definition) is 2. The van der Waals surface area contributed by atoms with Gasteiger partial charge >= 0.3 is 0 Å². The Kier molecular flexibility index (Phi) is 5.86. The molecule has 1 aliphatic carbocycles. The minimum absolute atomic E-state index is 0.534. The van der Waals surface area contributed by atoms with Gasteiger partial charge in [0.05, 0.1) is 11.8 Å². The topological polar surface area (TPSA) is 49.9 Å². The van der Waals surface area contributed by atoms with E-state index in [2.05, 4.69) is 22.4 Å². The summed E-state index contributed by atoms with van der Waals surface area (Å²) in [5.41, 5.74) is 3.57. The first kappa shape index (κ1) is 14.5. The molecule has 2 rings (SSSR count). The van der Waals surface area contributed by atoms with Gasteiger partial charge in [0.25, 0.3) is 0 Å². The summed E-state index contributed by atoms with van der Waals surface area (Å²) in [5.74, 6) is 0. The molecule has 0 spiro atoms. The molecule has 0 bridgehead atoms. The minimum atomic E-state index is 0.534. The van der Waals surface area contributed by atoms with Gasteiger partial charge < -0.3 is 10.1 Å². The van der Waals surface area contributed by atoms with E-state index in [4.69, 9.17) is 4.74 Å². The van der Waals surface area contributed by atoms with Crippen LogP contribution in [0.15, 0.2) is 0 Å². The van der Waals surface area contributed by atoms with Crippen molar-refractivity contribution in [3.8, 4) is 0 Å². The van der Waals surface area contributed by atoms with Crippen LogP contribution in [-0.2, 0) is 11.3 Å². The van der Waals surface area contributed by atoms with Gasteiger partial charge in [0.15, 0.2) is 0 Å². The van der Waals surface area contributed by atoms with Crippen LogP contribution in [0.1, 0.15) is 55.5 Å². The summed E-state index contributed by atoms with van der Waals surface area (Å²) in [5, 5.41) is 10.7. The molecule has 0 amide bonds. The molecule has 4 heteroatoms. The molecule has 0 atom stereocenters. The van der Waals surface area contributed by atoms with Crippen LogP contribution < -0.4 is 5.32 Å². The molecule has 108 valence electrons. The first-order valence-corrected chi connectivity index (χ1v) is 7.60. The largest absolute Gasteiger partial charge is 0.378 e. The van der Waals surface area contributed by atoms with Crippen molar-refractivity contribution in [1.29, 1.82) is 0 Å². The number of H-pyrrole nitrogens is 1. The van der Waals surface area contributed by atoms with Crippen LogP contribution in [0.3, 0.4) is 0 Å². The van der Waals surface area contributed by atoms with Gasteiger partial charge in [0.1, 0.15) is 0 Å². The predicted octanol–water partition coefficient (Wildman–Crippen LogP) is 2.86. The highest BCUT2D eigenvalue weighted by atomic mass is 16.5. The third-order valence-corrected chi connectivity index (χ3v) is 3.99. The van der Waals surface area contributed by atoms with Crippen LogP contribution in [0.4, 0.5) is 0 Å². The zero-order valence-electron chi connectivity index (χ0n) is 12.3. The number of rotatable bonds is 7. The summed E-state index contributed by atoms with van der Waals surface area (Å²) in [7, 11) is 0. The Morgan fingerprint density at radius 1 is 1.26 bits per heavy atom. The maximum absolute atomic E-state index is 5.91. The van der Waals surface area contributed by atoms with Crippen molar-refractivity contribution in [1.82, 2.24) is 15.5 Å². The van der Waals surface area contributed by atoms with Crippen LogP contribution in [-0.4, -0.2) is 29.5 Å². The van der Waals surface area contributed by atoms with Crippen molar-refractivity contribution in [2.75, 3.05) is 13.2 Å². The molecule has 0 unspecified atom stereocenters. The molecule has 2 N–H and O–H groups in total. The van der Waals surface area contributed by atoms with Crippen LogP contribution in [0.5, 0.6) is 0 Å². The van der Waals surface area contributed by atoms with Crippen molar-refractivity contribution >= 4 is 0 Å². The first-order chi connectivity index (χ1) is 9.27. The van der Waals surface area contributed by atoms with Gasteiger partial charge in [-0.1, -0.05) is 19.3 Å². The lowest BCUT2D eigenvalue weighted by atomic mass is 9.98. The first-order valence-electron chi connectivity index (χ1n) is 7.60. The zero-order valence-corrected chi connectivity index (χ0v) is 12.3. The van der Waals surface area contributed by atoms with Crippen LogP contribution in [0.2, 0.25) is 0 Å². The molecule has 1 aliphatic rings. The van der Waals surface area contributed by atoms with Crippen molar-refractivity contribution in [3.63, 3.8) is 0 Å². The Balaban J connectivity index is 1.52. The molecule has 1 aromatic rings. The fraction of sp³-hybridized carbons (Fsp3) is 0.800. The van der Waals surface area contributed by atoms with Crippen LogP contribution in [0, 0.1) is 13.8 Å². The van der Waals surface area contributed by atoms with E-state index in [1.807, 2.05) is 6.92 Å². The maximum atomic E-state index is 5.91. The quantitative estimate of drug-likeness (QED) is 0.745. The van der Waals surface area contributed by atoms with E-state index in [1.54, 1.807) is 0 Å². The van der Waals surface area contributed by atoms with Crippen molar-refractivity contribution in [2.45, 2.75) is 65.0 Å². The Labute approximate surface area is 116 Å². The van der Waals surface area contributed by atoms with E-state index in [9.17, 15) is 0 Å². The molecule has 0 saturated heterocycles. The van der Waals surface area contributed by atoms with Gasteiger partial charge in [0, 0.05) is 24.4 Å². The van der Waals surface area contributed by atoms with Crippen LogP contribution >= 0.6 is 0 Å². The Bertz CT molecular complexity index is 350. The normalized spacial score (nSPS) is 16.9. The van der Waals surface area contributed by atoms with E-state index in [-0.39, 0.29) is 0 Å². The minimum Gasteiger partial charge on any atom is -0.378 e. The number of hydrogen-bond acceptors (Lipinski definition) is 3. The highest BCUT2D eigenvalue weighted by Gasteiger charge is 2.12. The smallest absolute Gasteiger partial charge is 0.0638 e. The van der Waals surface area contributed by atoms with E-state index in [0.29, 0.717) is 6.10 Å². The summed E-state index contributed by atoms with van der Waals surface area (Å²) < 4.78 is 5.91. The summed E-state index contributed by atoms with van der Waals surface area (Å²) in [6.07, 6.45) is 8.25. The zero-order chi connectivity index (χ0) is 13.5. The summed E-state index contributed by atoms with van der Waals surface area (Å²) in [6.45, 7) is 6.92. The number of ether oxygens (including phenoxy) is 1. The van der Waals surface area contributed by atoms with Crippen molar-refractivity contribution in [3.05, 3.63) is 17.0 Å². The lowest BCUT2D eigenvalue weighted by Crippen LogP contribution is -2.21. The number of nitrogens with one attached hydrogen (secondary N) is 2. The molecular weight excluding hydrogens is 238 g/mol. The molecular formula is C15H27N3O. The molecule has 4 nitrogen and oxygen atoms in total. The standard InChI is InChI=1S/C15H27N3O/c1-12-15(13(2)18-17-12)11-16-9-6-10-19-14-7-4-3-5-8-14/h14,16H,3-11H2,1-2H3,(H,17,18). The van der Waals surface area contributed by atoms with E-state index in [0.717, 1.165) is 31.8 Å². The molecule has 0 radical (unpaired) electrons. The van der Waals surface area contributed by atoms with E-state index >= 15 is 0 Å². The summed E-state index contributed by atoms with van der Waals surface area (Å²) >= 11 is 0. The Morgan fingerprint density at radius 3 is 2.74 bits per heavy atom. The molecule has 1 aromatic heterocycles. The second kappa shape index (κ2) is 7.65. The van der Waals surface area contributed by atoms with Gasteiger partial charge in [-0.25, -0.2) is 0 Å². The molecule has 0 aliphatic heterocycles. The van der Waals surface area contributed by atoms with Gasteiger partial charge in [-0.2, -0.15) is 5.10 Å². The van der Waals surface area contributed by atoms with Crippen LogP contribution in [0.25, 0.3) is 0 Å². The van der Waals surface area contributed by atoms with Gasteiger partial charge in [-0.15, -0.1) is 0 Å². The second-order valence-electron chi connectivity index (χ2n) is 5.57. The highest BCUT2D eigenvalue weighted by Crippen LogP contribution is 2.20. The molecule has 19 heavy (non-hydrogen) atoms. The fourth-order valence-electron chi connectivity index (χ4n) is 2.73. The van der Waals surface area contributed by atoms with Gasteiger partial charge in [-0.3, -0.25) is 5.10 Å². The maximum Gasteiger partial charge on any atom is 0.0638 e. The summed E-state index contributed by atoms with van der Waals surface area (Å²) in [4.78, 5) is 0. The van der Waals surface area contributed by atoms with Crippen molar-refractivity contribution in [2.24, 2.45) is 0 Å². The third kappa shape index (κ3) is 4.62. The van der Waals surface area contributed by atoms with Gasteiger partial charge in [0.2, 0.25) is 0 Å².